The van der Waals surface area contributed by atoms with Crippen LogP contribution in [0.25, 0.3) is 0 Å². The molecule has 0 saturated carbocycles. The Morgan fingerprint density at radius 2 is 1.67 bits per heavy atom. The summed E-state index contributed by atoms with van der Waals surface area (Å²) in [6, 6.07) is 6.08. The van der Waals surface area contributed by atoms with Crippen molar-refractivity contribution in [1.29, 1.82) is 0 Å². The van der Waals surface area contributed by atoms with Gasteiger partial charge in [-0.05, 0) is 29.5 Å². The maximum atomic E-state index is 5.78. The van der Waals surface area contributed by atoms with E-state index in [-0.39, 0.29) is 0 Å². The first-order chi connectivity index (χ1) is 8.38. The van der Waals surface area contributed by atoms with E-state index >= 15 is 0 Å². The van der Waals surface area contributed by atoms with Crippen LogP contribution in [0.5, 0.6) is 0 Å². The van der Waals surface area contributed by atoms with Gasteiger partial charge in [0.2, 0.25) is 0 Å². The topological polar surface area (TPSA) is 29.3 Å². The van der Waals surface area contributed by atoms with Crippen LogP contribution in [0.2, 0.25) is 0 Å². The molecule has 0 heterocycles. The normalized spacial score (nSPS) is 11.8. The number of nitrogen functional groups attached to an aromatic ring is 1. The van der Waals surface area contributed by atoms with Gasteiger partial charge >= 0.3 is 0 Å². The molecule has 1 rings (SSSR count). The van der Waals surface area contributed by atoms with Crippen LogP contribution in [-0.4, -0.2) is 18.0 Å². The van der Waals surface area contributed by atoms with Crippen molar-refractivity contribution < 1.29 is 0 Å². The van der Waals surface area contributed by atoms with Crippen LogP contribution >= 0.6 is 15.9 Å². The summed E-state index contributed by atoms with van der Waals surface area (Å²) in [5, 5.41) is 0. The predicted octanol–water partition coefficient (Wildman–Crippen LogP) is 4.15. The quantitative estimate of drug-likeness (QED) is 0.800. The number of hydrogen-bond acceptors (Lipinski definition) is 2. The Labute approximate surface area is 120 Å². The molecule has 2 nitrogen and oxygen atoms in total. The maximum Gasteiger partial charge on any atom is 0.0325 e. The average molecular weight is 313 g/mol. The molecule has 0 fully saturated rings. The van der Waals surface area contributed by atoms with Crippen molar-refractivity contribution in [3.8, 4) is 0 Å². The lowest BCUT2D eigenvalue weighted by molar-refractivity contribution is 0.211. The van der Waals surface area contributed by atoms with E-state index in [1.165, 1.54) is 5.56 Å². The Hall–Kier alpha value is -0.540. The molecule has 2 N–H and O–H groups in total. The molecule has 0 saturated heterocycles. The highest BCUT2D eigenvalue weighted by molar-refractivity contribution is 9.10. The van der Waals surface area contributed by atoms with E-state index in [0.717, 1.165) is 29.8 Å². The van der Waals surface area contributed by atoms with Gasteiger partial charge in [-0.25, -0.2) is 0 Å². The summed E-state index contributed by atoms with van der Waals surface area (Å²) in [5.41, 5.74) is 7.90. The Bertz CT molecular complexity index is 365. The van der Waals surface area contributed by atoms with Gasteiger partial charge in [0.25, 0.3) is 0 Å². The first-order valence-corrected chi connectivity index (χ1v) is 7.44. The van der Waals surface area contributed by atoms with E-state index in [1.807, 2.05) is 12.1 Å². The molecule has 0 bridgehead atoms. The van der Waals surface area contributed by atoms with Crippen LogP contribution in [0, 0.1) is 11.8 Å². The van der Waals surface area contributed by atoms with E-state index in [9.17, 15) is 0 Å². The first-order valence-electron chi connectivity index (χ1n) is 6.64. The number of halogens is 1. The fraction of sp³-hybridized carbons (Fsp3) is 0.600. The number of benzene rings is 1. The molecule has 0 amide bonds. The smallest absolute Gasteiger partial charge is 0.0325 e. The van der Waals surface area contributed by atoms with Gasteiger partial charge in [-0.2, -0.15) is 0 Å². The standard InChI is InChI=1S/C15H25BrN2/c1-11(2)8-18(9-12(3)4)10-13-5-6-14(17)7-15(13)16/h5-7,11-12H,8-10,17H2,1-4H3. The summed E-state index contributed by atoms with van der Waals surface area (Å²) in [6.07, 6.45) is 0. The molecule has 0 aliphatic carbocycles. The van der Waals surface area contributed by atoms with Gasteiger partial charge in [0.05, 0.1) is 0 Å². The van der Waals surface area contributed by atoms with Crippen molar-refractivity contribution >= 4 is 21.6 Å². The van der Waals surface area contributed by atoms with Gasteiger partial charge in [0.15, 0.2) is 0 Å². The summed E-state index contributed by atoms with van der Waals surface area (Å²) >= 11 is 3.60. The summed E-state index contributed by atoms with van der Waals surface area (Å²) in [4.78, 5) is 2.52. The second kappa shape index (κ2) is 7.15. The zero-order chi connectivity index (χ0) is 13.7. The van der Waals surface area contributed by atoms with Crippen LogP contribution in [0.3, 0.4) is 0 Å². The zero-order valence-corrected chi connectivity index (χ0v) is 13.5. The van der Waals surface area contributed by atoms with Crippen molar-refractivity contribution in [2.24, 2.45) is 11.8 Å². The Morgan fingerprint density at radius 1 is 1.11 bits per heavy atom. The lowest BCUT2D eigenvalue weighted by Crippen LogP contribution is -2.31. The van der Waals surface area contributed by atoms with Crippen molar-refractivity contribution in [1.82, 2.24) is 4.90 Å². The summed E-state index contributed by atoms with van der Waals surface area (Å²) < 4.78 is 1.11. The highest BCUT2D eigenvalue weighted by Gasteiger charge is 2.11. The minimum absolute atomic E-state index is 0.691. The third kappa shape index (κ3) is 5.40. The molecule has 3 heteroatoms. The second-order valence-corrected chi connectivity index (χ2v) is 6.69. The van der Waals surface area contributed by atoms with Gasteiger partial charge < -0.3 is 5.73 Å². The second-order valence-electron chi connectivity index (χ2n) is 5.83. The molecule has 0 aliphatic rings. The molecule has 1 aromatic rings. The van der Waals surface area contributed by atoms with Gasteiger partial charge in [0, 0.05) is 29.8 Å². The molecular formula is C15H25BrN2. The number of hydrogen-bond donors (Lipinski definition) is 1. The van der Waals surface area contributed by atoms with Gasteiger partial charge in [-0.15, -0.1) is 0 Å². The van der Waals surface area contributed by atoms with E-state index in [0.29, 0.717) is 11.8 Å². The Kier molecular flexibility index (Phi) is 6.16. The van der Waals surface area contributed by atoms with Crippen LogP contribution in [0.15, 0.2) is 22.7 Å². The Balaban J connectivity index is 2.75. The van der Waals surface area contributed by atoms with E-state index in [4.69, 9.17) is 5.73 Å². The molecule has 0 aliphatic heterocycles. The molecule has 0 spiro atoms. The summed E-state index contributed by atoms with van der Waals surface area (Å²) in [5.74, 6) is 1.38. The van der Waals surface area contributed by atoms with E-state index in [2.05, 4.69) is 54.6 Å². The van der Waals surface area contributed by atoms with E-state index < -0.39 is 0 Å². The molecule has 18 heavy (non-hydrogen) atoms. The van der Waals surface area contributed by atoms with Crippen LogP contribution < -0.4 is 5.73 Å². The molecule has 0 radical (unpaired) electrons. The zero-order valence-electron chi connectivity index (χ0n) is 11.9. The molecular weight excluding hydrogens is 288 g/mol. The van der Waals surface area contributed by atoms with Crippen molar-refractivity contribution in [2.45, 2.75) is 34.2 Å². The summed E-state index contributed by atoms with van der Waals surface area (Å²) in [7, 11) is 0. The molecule has 0 unspecified atom stereocenters. The lowest BCUT2D eigenvalue weighted by Gasteiger charge is -2.26. The monoisotopic (exact) mass is 312 g/mol. The number of nitrogens with zero attached hydrogens (tertiary/aromatic N) is 1. The van der Waals surface area contributed by atoms with Crippen LogP contribution in [0.1, 0.15) is 33.3 Å². The highest BCUT2D eigenvalue weighted by Crippen LogP contribution is 2.22. The fourth-order valence-electron chi connectivity index (χ4n) is 2.17. The predicted molar refractivity (Wildman–Crippen MR) is 83.5 cm³/mol. The van der Waals surface area contributed by atoms with Crippen molar-refractivity contribution in [3.05, 3.63) is 28.2 Å². The maximum absolute atomic E-state index is 5.78. The fourth-order valence-corrected chi connectivity index (χ4v) is 2.69. The minimum Gasteiger partial charge on any atom is -0.399 e. The average Bonchev–Trinajstić information content (AvgIpc) is 2.20. The summed E-state index contributed by atoms with van der Waals surface area (Å²) in [6.45, 7) is 12.3. The third-order valence-corrected chi connectivity index (χ3v) is 3.46. The van der Waals surface area contributed by atoms with Gasteiger partial charge in [0.1, 0.15) is 0 Å². The molecule has 0 aromatic heterocycles. The number of anilines is 1. The SMILES string of the molecule is CC(C)CN(Cc1ccc(N)cc1Br)CC(C)C. The largest absolute Gasteiger partial charge is 0.399 e. The van der Waals surface area contributed by atoms with Crippen molar-refractivity contribution in [2.75, 3.05) is 18.8 Å². The molecule has 102 valence electrons. The molecule has 0 atom stereocenters. The highest BCUT2D eigenvalue weighted by atomic mass is 79.9. The minimum atomic E-state index is 0.691. The van der Waals surface area contributed by atoms with Crippen LogP contribution in [0.4, 0.5) is 5.69 Å². The number of nitrogens with two attached hydrogens (primary N) is 1. The molecule has 1 aromatic carbocycles. The third-order valence-electron chi connectivity index (χ3n) is 2.72. The van der Waals surface area contributed by atoms with Crippen LogP contribution in [-0.2, 0) is 6.54 Å². The lowest BCUT2D eigenvalue weighted by atomic mass is 10.1. The Morgan fingerprint density at radius 3 is 2.11 bits per heavy atom. The first kappa shape index (κ1) is 15.5. The van der Waals surface area contributed by atoms with Crippen molar-refractivity contribution in [3.63, 3.8) is 0 Å². The van der Waals surface area contributed by atoms with E-state index in [1.54, 1.807) is 0 Å². The number of rotatable bonds is 6. The van der Waals surface area contributed by atoms with Gasteiger partial charge in [-0.1, -0.05) is 49.7 Å². The van der Waals surface area contributed by atoms with Gasteiger partial charge in [-0.3, -0.25) is 4.90 Å².